The van der Waals surface area contributed by atoms with Crippen LogP contribution in [0.3, 0.4) is 0 Å². The first-order valence-corrected chi connectivity index (χ1v) is 6.88. The zero-order chi connectivity index (χ0) is 15.4. The highest BCUT2D eigenvalue weighted by Gasteiger charge is 2.24. The molecular formula is C16H19N3O2. The van der Waals surface area contributed by atoms with E-state index in [9.17, 15) is 10.1 Å². The van der Waals surface area contributed by atoms with Crippen molar-refractivity contribution in [2.45, 2.75) is 13.8 Å². The Hall–Kier alpha value is -2.56. The van der Waals surface area contributed by atoms with E-state index in [0.717, 1.165) is 11.3 Å². The number of benzene rings is 2. The fourth-order valence-corrected chi connectivity index (χ4v) is 2.48. The highest BCUT2D eigenvalue weighted by atomic mass is 16.6. The van der Waals surface area contributed by atoms with Gasteiger partial charge in [-0.05, 0) is 37.6 Å². The Morgan fingerprint density at radius 1 is 1.14 bits per heavy atom. The Labute approximate surface area is 124 Å². The van der Waals surface area contributed by atoms with Crippen LogP contribution in [0, 0.1) is 17.0 Å². The van der Waals surface area contributed by atoms with Gasteiger partial charge in [0.15, 0.2) is 0 Å². The molecular weight excluding hydrogens is 266 g/mol. The molecule has 0 aliphatic carbocycles. The molecule has 0 spiro atoms. The molecule has 21 heavy (non-hydrogen) atoms. The molecule has 2 aromatic carbocycles. The van der Waals surface area contributed by atoms with Crippen molar-refractivity contribution in [1.29, 1.82) is 0 Å². The van der Waals surface area contributed by atoms with Gasteiger partial charge in [-0.3, -0.25) is 10.1 Å². The number of nitro benzene ring substituents is 1. The van der Waals surface area contributed by atoms with Gasteiger partial charge in [0.05, 0.1) is 4.92 Å². The van der Waals surface area contributed by atoms with Crippen LogP contribution in [0.2, 0.25) is 0 Å². The number of aryl methyl sites for hydroxylation is 1. The first-order valence-electron chi connectivity index (χ1n) is 6.88. The molecule has 0 heterocycles. The maximum atomic E-state index is 11.5. The third-order valence-electron chi connectivity index (χ3n) is 3.48. The quantitative estimate of drug-likeness (QED) is 0.663. The molecule has 5 nitrogen and oxygen atoms in total. The van der Waals surface area contributed by atoms with Crippen LogP contribution < -0.4 is 10.2 Å². The number of para-hydroxylation sites is 2. The molecule has 0 aliphatic heterocycles. The lowest BCUT2D eigenvalue weighted by Gasteiger charge is -2.25. The molecule has 0 aliphatic rings. The molecule has 0 atom stereocenters. The molecule has 0 aromatic heterocycles. The van der Waals surface area contributed by atoms with Crippen LogP contribution in [0.4, 0.5) is 22.7 Å². The highest BCUT2D eigenvalue weighted by Crippen LogP contribution is 2.39. The van der Waals surface area contributed by atoms with Crippen molar-refractivity contribution in [3.63, 3.8) is 0 Å². The Morgan fingerprint density at radius 3 is 2.38 bits per heavy atom. The smallest absolute Gasteiger partial charge is 0.315 e. The van der Waals surface area contributed by atoms with Crippen LogP contribution in [0.15, 0.2) is 42.5 Å². The van der Waals surface area contributed by atoms with Crippen molar-refractivity contribution in [3.05, 3.63) is 58.1 Å². The average molecular weight is 285 g/mol. The Bertz CT molecular complexity index is 656. The van der Waals surface area contributed by atoms with Crippen molar-refractivity contribution >= 4 is 22.7 Å². The second-order valence-electron chi connectivity index (χ2n) is 4.71. The molecule has 5 heteroatoms. The molecule has 0 unspecified atom stereocenters. The molecule has 1 N–H and O–H groups in total. The van der Waals surface area contributed by atoms with Gasteiger partial charge in [0, 0.05) is 19.3 Å². The molecule has 2 rings (SSSR count). The summed E-state index contributed by atoms with van der Waals surface area (Å²) in [6.07, 6.45) is 0. The number of rotatable bonds is 5. The molecule has 0 amide bonds. The van der Waals surface area contributed by atoms with Crippen molar-refractivity contribution in [2.24, 2.45) is 0 Å². The second-order valence-corrected chi connectivity index (χ2v) is 4.71. The summed E-state index contributed by atoms with van der Waals surface area (Å²) in [6.45, 7) is 4.65. The molecule has 2 aromatic rings. The van der Waals surface area contributed by atoms with Crippen molar-refractivity contribution in [3.8, 4) is 0 Å². The van der Waals surface area contributed by atoms with E-state index in [4.69, 9.17) is 0 Å². The van der Waals surface area contributed by atoms with E-state index in [0.29, 0.717) is 17.9 Å². The Balaban J connectivity index is 2.63. The summed E-state index contributed by atoms with van der Waals surface area (Å²) in [5.41, 5.74) is 3.29. The number of nitrogens with one attached hydrogen (secondary N) is 1. The van der Waals surface area contributed by atoms with Gasteiger partial charge in [-0.2, -0.15) is 0 Å². The van der Waals surface area contributed by atoms with Gasteiger partial charge in [-0.25, -0.2) is 0 Å². The maximum absolute atomic E-state index is 11.5. The van der Waals surface area contributed by atoms with Gasteiger partial charge in [0.2, 0.25) is 0 Å². The predicted molar refractivity (Wildman–Crippen MR) is 86.5 cm³/mol. The summed E-state index contributed by atoms with van der Waals surface area (Å²) in [5, 5.41) is 14.4. The normalized spacial score (nSPS) is 10.2. The minimum absolute atomic E-state index is 0.102. The predicted octanol–water partition coefficient (Wildman–Crippen LogP) is 4.10. The zero-order valence-corrected chi connectivity index (χ0v) is 12.5. The lowest BCUT2D eigenvalue weighted by atomic mass is 10.1. The maximum Gasteiger partial charge on any atom is 0.315 e. The number of hydrogen-bond acceptors (Lipinski definition) is 4. The van der Waals surface area contributed by atoms with Gasteiger partial charge < -0.3 is 10.2 Å². The number of hydrogen-bond donors (Lipinski definition) is 1. The lowest BCUT2D eigenvalue weighted by Crippen LogP contribution is -2.18. The zero-order valence-electron chi connectivity index (χ0n) is 12.5. The van der Waals surface area contributed by atoms with Crippen molar-refractivity contribution in [1.82, 2.24) is 0 Å². The third-order valence-corrected chi connectivity index (χ3v) is 3.48. The van der Waals surface area contributed by atoms with Gasteiger partial charge in [-0.1, -0.05) is 24.3 Å². The van der Waals surface area contributed by atoms with Crippen LogP contribution in [-0.2, 0) is 0 Å². The van der Waals surface area contributed by atoms with Crippen LogP contribution >= 0.6 is 0 Å². The molecule has 110 valence electrons. The fraction of sp³-hybridized carbons (Fsp3) is 0.250. The van der Waals surface area contributed by atoms with Gasteiger partial charge in [-0.15, -0.1) is 0 Å². The van der Waals surface area contributed by atoms with Crippen LogP contribution in [-0.4, -0.2) is 18.5 Å². The van der Waals surface area contributed by atoms with E-state index in [1.54, 1.807) is 19.2 Å². The number of nitro groups is 1. The third kappa shape index (κ3) is 2.81. The van der Waals surface area contributed by atoms with Crippen molar-refractivity contribution < 1.29 is 4.92 Å². The largest absolute Gasteiger partial charge is 0.382 e. The Morgan fingerprint density at radius 2 is 1.81 bits per heavy atom. The summed E-state index contributed by atoms with van der Waals surface area (Å²) in [4.78, 5) is 13.1. The fourth-order valence-electron chi connectivity index (χ4n) is 2.48. The number of anilines is 3. The topological polar surface area (TPSA) is 58.4 Å². The van der Waals surface area contributed by atoms with E-state index < -0.39 is 0 Å². The van der Waals surface area contributed by atoms with Crippen molar-refractivity contribution in [2.75, 3.05) is 23.8 Å². The summed E-state index contributed by atoms with van der Waals surface area (Å²) in [7, 11) is 1.69. The van der Waals surface area contributed by atoms with E-state index in [-0.39, 0.29) is 10.6 Å². The first kappa shape index (κ1) is 14.8. The van der Waals surface area contributed by atoms with Gasteiger partial charge in [0.25, 0.3) is 0 Å². The monoisotopic (exact) mass is 285 g/mol. The average Bonchev–Trinajstić information content (AvgIpc) is 2.49. The van der Waals surface area contributed by atoms with Crippen LogP contribution in [0.25, 0.3) is 0 Å². The standard InChI is InChI=1S/C16H19N3O2/c1-4-18(14-10-6-5-8-12(14)2)15-11-7-9-13(17-3)16(15)19(20)21/h5-11,17H,4H2,1-3H3. The minimum atomic E-state index is -0.331. The number of nitrogens with zero attached hydrogens (tertiary/aromatic N) is 2. The van der Waals surface area contributed by atoms with E-state index in [1.165, 1.54) is 0 Å². The summed E-state index contributed by atoms with van der Waals surface area (Å²) < 4.78 is 0. The molecule has 0 saturated heterocycles. The molecule has 0 saturated carbocycles. The molecule has 0 radical (unpaired) electrons. The molecule has 0 fully saturated rings. The van der Waals surface area contributed by atoms with E-state index in [1.807, 2.05) is 49.1 Å². The van der Waals surface area contributed by atoms with E-state index >= 15 is 0 Å². The summed E-state index contributed by atoms with van der Waals surface area (Å²) in [6, 6.07) is 13.2. The molecule has 0 bridgehead atoms. The Kier molecular flexibility index (Phi) is 4.42. The second kappa shape index (κ2) is 6.26. The van der Waals surface area contributed by atoms with E-state index in [2.05, 4.69) is 5.32 Å². The van der Waals surface area contributed by atoms with Crippen LogP contribution in [0.5, 0.6) is 0 Å². The van der Waals surface area contributed by atoms with Gasteiger partial charge >= 0.3 is 5.69 Å². The first-order chi connectivity index (χ1) is 10.1. The van der Waals surface area contributed by atoms with Gasteiger partial charge in [0.1, 0.15) is 11.4 Å². The minimum Gasteiger partial charge on any atom is -0.382 e. The summed E-state index contributed by atoms with van der Waals surface area (Å²) >= 11 is 0. The van der Waals surface area contributed by atoms with Crippen LogP contribution in [0.1, 0.15) is 12.5 Å². The summed E-state index contributed by atoms with van der Waals surface area (Å²) in [5.74, 6) is 0. The SMILES string of the molecule is CCN(c1ccccc1C)c1cccc(NC)c1[N+](=O)[O-]. The lowest BCUT2D eigenvalue weighted by molar-refractivity contribution is -0.383. The highest BCUT2D eigenvalue weighted by molar-refractivity contribution is 5.81.